The number of H-pyrrole nitrogens is 1. The number of hydrogen-bond acceptors (Lipinski definition) is 4. The second-order valence-corrected chi connectivity index (χ2v) is 5.04. The molecule has 0 aliphatic heterocycles. The molecule has 0 bridgehead atoms. The van der Waals surface area contributed by atoms with Crippen LogP contribution in [0.25, 0.3) is 11.2 Å². The van der Waals surface area contributed by atoms with E-state index in [4.69, 9.17) is 0 Å². The summed E-state index contributed by atoms with van der Waals surface area (Å²) in [5.41, 5.74) is 3.04. The van der Waals surface area contributed by atoms with Crippen LogP contribution in [0.15, 0.2) is 18.6 Å². The summed E-state index contributed by atoms with van der Waals surface area (Å²) in [7, 11) is 0. The summed E-state index contributed by atoms with van der Waals surface area (Å²) in [6.45, 7) is 4.08. The number of hydrogen-bond donors (Lipinski definition) is 3. The van der Waals surface area contributed by atoms with Crippen molar-refractivity contribution in [2.75, 3.05) is 6.54 Å². The van der Waals surface area contributed by atoms with E-state index in [-0.39, 0.29) is 0 Å². The van der Waals surface area contributed by atoms with E-state index in [9.17, 15) is 0 Å². The van der Waals surface area contributed by atoms with Gasteiger partial charge in [-0.15, -0.1) is 0 Å². The summed E-state index contributed by atoms with van der Waals surface area (Å²) in [5.74, 6) is 0. The van der Waals surface area contributed by atoms with Crippen molar-refractivity contribution in [1.29, 1.82) is 0 Å². The lowest BCUT2D eigenvalue weighted by Gasteiger charge is -2.14. The average molecular weight is 245 g/mol. The number of nitrogens with zero attached hydrogens (tertiary/aromatic N) is 2. The largest absolute Gasteiger partial charge is 0.343 e. The van der Waals surface area contributed by atoms with Crippen LogP contribution in [0, 0.1) is 0 Å². The Labute approximate surface area is 106 Å². The van der Waals surface area contributed by atoms with Gasteiger partial charge in [-0.25, -0.2) is 9.97 Å². The second-order valence-electron chi connectivity index (χ2n) is 5.04. The molecule has 1 aliphatic carbocycles. The maximum absolute atomic E-state index is 4.21. The fourth-order valence-electron chi connectivity index (χ4n) is 2.04. The van der Waals surface area contributed by atoms with Gasteiger partial charge in [-0.2, -0.15) is 0 Å². The van der Waals surface area contributed by atoms with Crippen molar-refractivity contribution in [2.24, 2.45) is 0 Å². The summed E-state index contributed by atoms with van der Waals surface area (Å²) < 4.78 is 0. The zero-order valence-electron chi connectivity index (χ0n) is 10.6. The lowest BCUT2D eigenvalue weighted by molar-refractivity contribution is 0.500. The van der Waals surface area contributed by atoms with Crippen molar-refractivity contribution in [3.63, 3.8) is 0 Å². The summed E-state index contributed by atoms with van der Waals surface area (Å²) in [4.78, 5) is 11.5. The Kier molecular flexibility index (Phi) is 3.25. The number of fused-ring (bicyclic) bond motifs is 1. The van der Waals surface area contributed by atoms with Crippen molar-refractivity contribution in [2.45, 2.75) is 38.4 Å². The molecule has 1 atom stereocenters. The van der Waals surface area contributed by atoms with E-state index >= 15 is 0 Å². The zero-order valence-corrected chi connectivity index (χ0v) is 10.6. The van der Waals surface area contributed by atoms with Gasteiger partial charge < -0.3 is 15.6 Å². The van der Waals surface area contributed by atoms with E-state index in [0.29, 0.717) is 6.04 Å². The highest BCUT2D eigenvalue weighted by molar-refractivity contribution is 5.73. The van der Waals surface area contributed by atoms with Crippen LogP contribution in [0.4, 0.5) is 0 Å². The van der Waals surface area contributed by atoms with Crippen LogP contribution in [0.1, 0.15) is 25.3 Å². The van der Waals surface area contributed by atoms with Gasteiger partial charge in [-0.05, 0) is 31.4 Å². The molecule has 0 aromatic carbocycles. The van der Waals surface area contributed by atoms with Gasteiger partial charge >= 0.3 is 0 Å². The lowest BCUT2D eigenvalue weighted by Crippen LogP contribution is -2.36. The number of imidazole rings is 1. The molecule has 18 heavy (non-hydrogen) atoms. The molecule has 1 saturated carbocycles. The van der Waals surface area contributed by atoms with Gasteiger partial charge in [-0.3, -0.25) is 0 Å². The molecule has 0 spiro atoms. The normalized spacial score (nSPS) is 17.2. The van der Waals surface area contributed by atoms with Crippen LogP contribution in [-0.2, 0) is 6.54 Å². The van der Waals surface area contributed by atoms with Gasteiger partial charge in [0.1, 0.15) is 0 Å². The molecule has 3 N–H and O–H groups in total. The molecule has 2 aromatic heterocycles. The molecule has 1 aliphatic rings. The maximum atomic E-state index is 4.21. The maximum Gasteiger partial charge on any atom is 0.177 e. The zero-order chi connectivity index (χ0) is 12.4. The van der Waals surface area contributed by atoms with Gasteiger partial charge in [0.15, 0.2) is 5.65 Å². The quantitative estimate of drug-likeness (QED) is 0.715. The van der Waals surface area contributed by atoms with E-state index < -0.39 is 0 Å². The lowest BCUT2D eigenvalue weighted by atomic mass is 10.2. The summed E-state index contributed by atoms with van der Waals surface area (Å²) in [6, 6.07) is 3.28. The molecule has 3 rings (SSSR count). The van der Waals surface area contributed by atoms with Crippen molar-refractivity contribution in [3.05, 3.63) is 24.2 Å². The third-order valence-electron chi connectivity index (χ3n) is 3.34. The Morgan fingerprint density at radius 3 is 3.17 bits per heavy atom. The van der Waals surface area contributed by atoms with Crippen molar-refractivity contribution < 1.29 is 0 Å². The molecule has 5 heteroatoms. The van der Waals surface area contributed by atoms with E-state index in [2.05, 4.69) is 32.5 Å². The molecule has 2 aromatic rings. The van der Waals surface area contributed by atoms with E-state index in [1.807, 2.05) is 12.3 Å². The van der Waals surface area contributed by atoms with Crippen molar-refractivity contribution >= 4 is 11.2 Å². The first-order valence-corrected chi connectivity index (χ1v) is 6.56. The molecular formula is C13H19N5. The number of aromatic amines is 1. The topological polar surface area (TPSA) is 65.6 Å². The summed E-state index contributed by atoms with van der Waals surface area (Å²) >= 11 is 0. The van der Waals surface area contributed by atoms with Crippen LogP contribution < -0.4 is 10.6 Å². The van der Waals surface area contributed by atoms with Gasteiger partial charge in [0.25, 0.3) is 0 Å². The minimum absolute atomic E-state index is 0.469. The first-order valence-electron chi connectivity index (χ1n) is 6.56. The molecule has 0 amide bonds. The monoisotopic (exact) mass is 245 g/mol. The highest BCUT2D eigenvalue weighted by atomic mass is 15.0. The van der Waals surface area contributed by atoms with Gasteiger partial charge in [0.2, 0.25) is 0 Å². The van der Waals surface area contributed by atoms with E-state index in [1.54, 1.807) is 6.33 Å². The predicted molar refractivity (Wildman–Crippen MR) is 71.2 cm³/mol. The van der Waals surface area contributed by atoms with E-state index in [0.717, 1.165) is 30.3 Å². The molecule has 1 unspecified atom stereocenters. The van der Waals surface area contributed by atoms with Crippen LogP contribution in [0.2, 0.25) is 0 Å². The molecule has 2 heterocycles. The fourth-order valence-corrected chi connectivity index (χ4v) is 2.04. The van der Waals surface area contributed by atoms with Crippen LogP contribution in [0.5, 0.6) is 0 Å². The molecule has 5 nitrogen and oxygen atoms in total. The summed E-state index contributed by atoms with van der Waals surface area (Å²) in [6.07, 6.45) is 6.18. The smallest absolute Gasteiger partial charge is 0.177 e. The third kappa shape index (κ3) is 2.68. The van der Waals surface area contributed by atoms with Crippen molar-refractivity contribution in [3.8, 4) is 0 Å². The van der Waals surface area contributed by atoms with Crippen molar-refractivity contribution in [1.82, 2.24) is 25.6 Å². The second kappa shape index (κ2) is 5.04. The van der Waals surface area contributed by atoms with E-state index in [1.165, 1.54) is 18.4 Å². The number of nitrogens with one attached hydrogen (secondary N) is 3. The Hall–Kier alpha value is -1.46. The molecule has 96 valence electrons. The SMILES string of the molecule is CC(CNC1CC1)NCc1ccnc2nc[nH]c12. The average Bonchev–Trinajstić information content (AvgIpc) is 3.09. The number of rotatable bonds is 6. The molecule has 1 fully saturated rings. The number of pyridine rings is 1. The Morgan fingerprint density at radius 2 is 2.33 bits per heavy atom. The first kappa shape index (κ1) is 11.6. The predicted octanol–water partition coefficient (Wildman–Crippen LogP) is 1.19. The highest BCUT2D eigenvalue weighted by Gasteiger charge is 2.20. The fraction of sp³-hybridized carbons (Fsp3) is 0.538. The Balaban J connectivity index is 1.56. The van der Waals surface area contributed by atoms with Gasteiger partial charge in [0, 0.05) is 31.4 Å². The highest BCUT2D eigenvalue weighted by Crippen LogP contribution is 2.18. The molecular weight excluding hydrogens is 226 g/mol. The summed E-state index contributed by atoms with van der Waals surface area (Å²) in [5, 5.41) is 7.06. The number of aromatic nitrogens is 3. The minimum Gasteiger partial charge on any atom is -0.343 e. The third-order valence-corrected chi connectivity index (χ3v) is 3.34. The van der Waals surface area contributed by atoms with Crippen LogP contribution in [0.3, 0.4) is 0 Å². The van der Waals surface area contributed by atoms with Gasteiger partial charge in [0.05, 0.1) is 11.8 Å². The first-order chi connectivity index (χ1) is 8.83. The standard InChI is InChI=1S/C13H19N5/c1-9(6-16-11-2-3-11)15-7-10-4-5-14-13-12(10)17-8-18-13/h4-5,8-9,11,15-16H,2-3,6-7H2,1H3,(H,14,17,18). The minimum atomic E-state index is 0.469. The molecule has 0 radical (unpaired) electrons. The Bertz CT molecular complexity index is 517. The Morgan fingerprint density at radius 1 is 1.44 bits per heavy atom. The molecule has 0 saturated heterocycles. The van der Waals surface area contributed by atoms with Crippen LogP contribution >= 0.6 is 0 Å². The van der Waals surface area contributed by atoms with Gasteiger partial charge in [-0.1, -0.05) is 0 Å². The van der Waals surface area contributed by atoms with Crippen LogP contribution in [-0.4, -0.2) is 33.6 Å².